The first kappa shape index (κ1) is 40.1. The van der Waals surface area contributed by atoms with E-state index in [0.29, 0.717) is 36.4 Å². The Kier molecular flexibility index (Phi) is 11.3. The SMILES string of the molecule is C=C1CC[C@H](C)C(=O)N1.COc1cc(N2CCC(CN3CCN4c5ccc6c(c5OCC4C3)CCC6=O)CC2)c(F)cc1C1c2ccc(O)cc2CCC1c1ccccc1. The molecule has 0 aromatic heterocycles. The van der Waals surface area contributed by atoms with E-state index in [0.717, 1.165) is 129 Å². The average Bonchev–Trinajstić information content (AvgIpc) is 3.65. The van der Waals surface area contributed by atoms with Crippen LogP contribution in [0.2, 0.25) is 0 Å². The van der Waals surface area contributed by atoms with Crippen molar-refractivity contribution >= 4 is 23.1 Å². The van der Waals surface area contributed by atoms with Crippen molar-refractivity contribution in [2.75, 3.05) is 62.8 Å². The second-order valence-electron chi connectivity index (χ2n) is 17.7. The number of piperazine rings is 1. The summed E-state index contributed by atoms with van der Waals surface area (Å²) in [5.74, 6) is 2.88. The molecule has 2 aliphatic carbocycles. The van der Waals surface area contributed by atoms with E-state index >= 15 is 4.39 Å². The van der Waals surface area contributed by atoms with Crippen molar-refractivity contribution in [1.29, 1.82) is 0 Å². The first-order chi connectivity index (χ1) is 29.1. The van der Waals surface area contributed by atoms with Gasteiger partial charge in [0.1, 0.15) is 29.7 Å². The number of phenols is 1. The van der Waals surface area contributed by atoms with E-state index in [4.69, 9.17) is 9.47 Å². The number of carbonyl (C=O) groups excluding carboxylic acids is 2. The maximum absolute atomic E-state index is 16.3. The summed E-state index contributed by atoms with van der Waals surface area (Å²) in [6, 6.07) is 24.2. The Morgan fingerprint density at radius 2 is 1.70 bits per heavy atom. The summed E-state index contributed by atoms with van der Waals surface area (Å²) < 4.78 is 28.7. The van der Waals surface area contributed by atoms with Crippen LogP contribution in [0.4, 0.5) is 15.8 Å². The van der Waals surface area contributed by atoms with Crippen molar-refractivity contribution in [3.8, 4) is 17.2 Å². The number of hydrogen-bond acceptors (Lipinski definition) is 8. The molecule has 10 rings (SSSR count). The van der Waals surface area contributed by atoms with E-state index in [1.54, 1.807) is 19.2 Å². The van der Waals surface area contributed by atoms with Crippen LogP contribution in [0.1, 0.15) is 95.5 Å². The van der Waals surface area contributed by atoms with Crippen molar-refractivity contribution in [2.24, 2.45) is 11.8 Å². The van der Waals surface area contributed by atoms with Crippen molar-refractivity contribution in [2.45, 2.75) is 76.2 Å². The van der Waals surface area contributed by atoms with Gasteiger partial charge in [0.25, 0.3) is 0 Å². The van der Waals surface area contributed by atoms with Crippen molar-refractivity contribution in [3.63, 3.8) is 0 Å². The number of rotatable bonds is 6. The third-order valence-electron chi connectivity index (χ3n) is 14.0. The lowest BCUT2D eigenvalue weighted by atomic mass is 9.69. The number of piperidine rings is 2. The number of amides is 1. The zero-order valence-electron chi connectivity index (χ0n) is 34.9. The van der Waals surface area contributed by atoms with Crippen LogP contribution in [0.25, 0.3) is 0 Å². The van der Waals surface area contributed by atoms with Gasteiger partial charge in [0.05, 0.1) is 24.5 Å². The van der Waals surface area contributed by atoms with Crippen LogP contribution in [-0.4, -0.2) is 80.7 Å². The second-order valence-corrected chi connectivity index (χ2v) is 17.7. The van der Waals surface area contributed by atoms with Crippen LogP contribution in [-0.2, 0) is 17.6 Å². The van der Waals surface area contributed by atoms with Crippen LogP contribution < -0.4 is 24.6 Å². The van der Waals surface area contributed by atoms with E-state index in [2.05, 4.69) is 56.9 Å². The topological polar surface area (TPSA) is 94.6 Å². The molecule has 4 aromatic carbocycles. The minimum Gasteiger partial charge on any atom is -0.508 e. The maximum atomic E-state index is 16.3. The van der Waals surface area contributed by atoms with Crippen LogP contribution in [0.3, 0.4) is 0 Å². The normalized spacial score (nSPS) is 23.9. The smallest absolute Gasteiger partial charge is 0.226 e. The molecule has 10 heteroatoms. The van der Waals surface area contributed by atoms with Crippen LogP contribution in [0.5, 0.6) is 17.2 Å². The van der Waals surface area contributed by atoms with Crippen LogP contribution >= 0.6 is 0 Å². The van der Waals surface area contributed by atoms with E-state index < -0.39 is 0 Å². The summed E-state index contributed by atoms with van der Waals surface area (Å²) in [6.45, 7) is 11.9. The number of nitrogens with zero attached hydrogens (tertiary/aromatic N) is 3. The Hall–Kier alpha value is -5.35. The van der Waals surface area contributed by atoms with Gasteiger partial charge in [-0.3, -0.25) is 14.5 Å². The lowest BCUT2D eigenvalue weighted by Crippen LogP contribution is -2.58. The molecule has 0 radical (unpaired) electrons. The van der Waals surface area contributed by atoms with Crippen molar-refractivity contribution in [1.82, 2.24) is 10.2 Å². The molecule has 60 heavy (non-hydrogen) atoms. The quantitative estimate of drug-likeness (QED) is 0.201. The summed E-state index contributed by atoms with van der Waals surface area (Å²) in [5, 5.41) is 13.0. The summed E-state index contributed by atoms with van der Waals surface area (Å²) in [4.78, 5) is 30.4. The lowest BCUT2D eigenvalue weighted by molar-refractivity contribution is -0.124. The Morgan fingerprint density at radius 1 is 0.883 bits per heavy atom. The summed E-state index contributed by atoms with van der Waals surface area (Å²) in [5.41, 5.74) is 8.92. The lowest BCUT2D eigenvalue weighted by Gasteiger charge is -2.47. The highest BCUT2D eigenvalue weighted by Crippen LogP contribution is 2.50. The van der Waals surface area contributed by atoms with Gasteiger partial charge in [-0.15, -0.1) is 0 Å². The van der Waals surface area contributed by atoms with E-state index in [1.807, 2.05) is 37.3 Å². The number of fused-ring (bicyclic) bond motifs is 6. The first-order valence-corrected chi connectivity index (χ1v) is 21.9. The Labute approximate surface area is 353 Å². The predicted octanol–water partition coefficient (Wildman–Crippen LogP) is 8.38. The molecule has 2 N–H and O–H groups in total. The molecule has 6 aliphatic rings. The number of Topliss-reactive ketones (excluding diaryl/α,β-unsaturated/α-hetero) is 1. The maximum Gasteiger partial charge on any atom is 0.226 e. The number of phenolic OH excluding ortho intramolecular Hbond substituents is 1. The van der Waals surface area contributed by atoms with Gasteiger partial charge in [-0.2, -0.15) is 0 Å². The van der Waals surface area contributed by atoms with Gasteiger partial charge >= 0.3 is 0 Å². The molecule has 0 spiro atoms. The Morgan fingerprint density at radius 3 is 2.47 bits per heavy atom. The average molecular weight is 813 g/mol. The van der Waals surface area contributed by atoms with Gasteiger partial charge in [0, 0.05) is 86.0 Å². The fourth-order valence-corrected chi connectivity index (χ4v) is 10.7. The minimum absolute atomic E-state index is 0.0884. The molecule has 3 unspecified atom stereocenters. The highest BCUT2D eigenvalue weighted by Gasteiger charge is 2.38. The number of anilines is 2. The van der Waals surface area contributed by atoms with Gasteiger partial charge in [0.2, 0.25) is 5.91 Å². The number of halogens is 1. The molecule has 4 heterocycles. The Balaban J connectivity index is 0.000000458. The van der Waals surface area contributed by atoms with Gasteiger partial charge in [0.15, 0.2) is 5.78 Å². The number of ketones is 1. The number of allylic oxidation sites excluding steroid dienone is 1. The monoisotopic (exact) mass is 812 g/mol. The third kappa shape index (κ3) is 7.86. The molecule has 4 aromatic rings. The summed E-state index contributed by atoms with van der Waals surface area (Å²) in [7, 11) is 1.69. The number of aromatic hydroxyl groups is 1. The van der Waals surface area contributed by atoms with E-state index in [-0.39, 0.29) is 41.0 Å². The summed E-state index contributed by atoms with van der Waals surface area (Å²) >= 11 is 0. The number of methoxy groups -OCH3 is 1. The number of carbonyl (C=O) groups is 2. The highest BCUT2D eigenvalue weighted by molar-refractivity contribution is 6.02. The first-order valence-electron chi connectivity index (χ1n) is 21.9. The number of nitrogens with one attached hydrogen (secondary N) is 1. The van der Waals surface area contributed by atoms with E-state index in [1.165, 1.54) is 5.56 Å². The van der Waals surface area contributed by atoms with Gasteiger partial charge in [-0.25, -0.2) is 4.39 Å². The van der Waals surface area contributed by atoms with Crippen LogP contribution in [0, 0.1) is 17.7 Å². The zero-order chi connectivity index (χ0) is 41.5. The number of ether oxygens (including phenoxy) is 2. The molecule has 0 bridgehead atoms. The molecule has 3 fully saturated rings. The van der Waals surface area contributed by atoms with Crippen molar-refractivity contribution in [3.05, 3.63) is 124 Å². The molecular weight excluding hydrogens is 756 g/mol. The summed E-state index contributed by atoms with van der Waals surface area (Å²) in [6.07, 6.45) is 7.07. The number of benzene rings is 4. The number of aryl methyl sites for hydroxylation is 1. The van der Waals surface area contributed by atoms with Gasteiger partial charge < -0.3 is 29.7 Å². The van der Waals surface area contributed by atoms with Gasteiger partial charge in [-0.05, 0) is 104 Å². The fraction of sp³-hybridized carbons (Fsp3) is 0.440. The van der Waals surface area contributed by atoms with Gasteiger partial charge in [-0.1, -0.05) is 49.9 Å². The van der Waals surface area contributed by atoms with Crippen molar-refractivity contribution < 1.29 is 28.6 Å². The molecule has 314 valence electrons. The fourth-order valence-electron chi connectivity index (χ4n) is 10.7. The molecule has 4 aliphatic heterocycles. The molecular formula is C50H57FN4O5. The Bertz CT molecular complexity index is 2270. The molecule has 3 saturated heterocycles. The van der Waals surface area contributed by atoms with E-state index in [9.17, 15) is 14.7 Å². The molecule has 9 nitrogen and oxygen atoms in total. The third-order valence-corrected chi connectivity index (χ3v) is 14.0. The standard InChI is InChI=1S/C43H46FN3O4.C7H11NO/c1-50-41-23-39(37(44)22-36(41)42-32(28-5-3-2-4-6-28)9-7-29-21-31(48)8-10-33(29)42)46-17-15-27(16-18-46)24-45-19-20-47-30(25-45)26-51-43-35-12-14-40(49)34(35)11-13-38(43)47;1-5-3-4-6(2)8-7(5)9/h2-6,8,10-11,13,21-23,27,30,32,42,48H,7,9,12,14-20,24-26H2,1H3;5H,2-4H2,1H3,(H,8,9)/t;5-/m.0/s1. The second kappa shape index (κ2) is 17.0. The number of hydrogen-bond donors (Lipinski definition) is 2. The minimum atomic E-state index is -0.203. The van der Waals surface area contributed by atoms with Crippen LogP contribution in [0.15, 0.2) is 85.1 Å². The zero-order valence-corrected chi connectivity index (χ0v) is 34.9. The largest absolute Gasteiger partial charge is 0.508 e. The predicted molar refractivity (Wildman–Crippen MR) is 233 cm³/mol. The highest BCUT2D eigenvalue weighted by atomic mass is 19.1. The molecule has 1 amide bonds. The molecule has 0 saturated carbocycles. The molecule has 4 atom stereocenters.